The van der Waals surface area contributed by atoms with Crippen molar-refractivity contribution < 1.29 is 4.79 Å². The van der Waals surface area contributed by atoms with Crippen LogP contribution in [0.4, 0.5) is 5.69 Å². The zero-order valence-electron chi connectivity index (χ0n) is 11.9. The van der Waals surface area contributed by atoms with Gasteiger partial charge in [0.15, 0.2) is 0 Å². The Labute approximate surface area is 110 Å². The Balaban J connectivity index is 2.87. The number of amides is 1. The van der Waals surface area contributed by atoms with Gasteiger partial charge in [-0.1, -0.05) is 13.3 Å². The normalized spacial score (nSPS) is 10.2. The van der Waals surface area contributed by atoms with Crippen molar-refractivity contribution in [3.05, 3.63) is 29.3 Å². The third-order valence-electron chi connectivity index (χ3n) is 3.20. The molecule has 1 rings (SSSR count). The highest BCUT2D eigenvalue weighted by Crippen LogP contribution is 2.16. The molecular weight excluding hydrogens is 224 g/mol. The first-order valence-electron chi connectivity index (χ1n) is 6.71. The summed E-state index contributed by atoms with van der Waals surface area (Å²) in [6.45, 7) is 7.78. The molecule has 0 saturated heterocycles. The van der Waals surface area contributed by atoms with Gasteiger partial charge < -0.3 is 10.2 Å². The van der Waals surface area contributed by atoms with E-state index in [-0.39, 0.29) is 5.91 Å². The molecule has 0 fully saturated rings. The first kappa shape index (κ1) is 14.6. The smallest absolute Gasteiger partial charge is 0.254 e. The van der Waals surface area contributed by atoms with Crippen molar-refractivity contribution in [1.29, 1.82) is 0 Å². The SMILES string of the molecule is CCCCN(CC)C(=O)c1ccc(NC)cc1C. The Morgan fingerprint density at radius 3 is 2.56 bits per heavy atom. The van der Waals surface area contributed by atoms with Crippen molar-refractivity contribution in [3.63, 3.8) is 0 Å². The maximum Gasteiger partial charge on any atom is 0.254 e. The van der Waals surface area contributed by atoms with E-state index in [2.05, 4.69) is 12.2 Å². The third kappa shape index (κ3) is 3.49. The lowest BCUT2D eigenvalue weighted by Crippen LogP contribution is -2.32. The summed E-state index contributed by atoms with van der Waals surface area (Å²) in [4.78, 5) is 14.3. The minimum atomic E-state index is 0.145. The molecule has 3 nitrogen and oxygen atoms in total. The molecule has 1 aromatic rings. The molecule has 1 amide bonds. The van der Waals surface area contributed by atoms with Gasteiger partial charge in [-0.3, -0.25) is 4.79 Å². The molecule has 18 heavy (non-hydrogen) atoms. The lowest BCUT2D eigenvalue weighted by molar-refractivity contribution is 0.0761. The number of carbonyl (C=O) groups is 1. The summed E-state index contributed by atoms with van der Waals surface area (Å²) < 4.78 is 0. The molecule has 0 aromatic heterocycles. The molecule has 1 N–H and O–H groups in total. The Morgan fingerprint density at radius 1 is 1.33 bits per heavy atom. The van der Waals surface area contributed by atoms with Crippen LogP contribution in [0.15, 0.2) is 18.2 Å². The fourth-order valence-corrected chi connectivity index (χ4v) is 1.98. The molecule has 0 radical (unpaired) electrons. The Morgan fingerprint density at radius 2 is 2.06 bits per heavy atom. The zero-order chi connectivity index (χ0) is 13.5. The summed E-state index contributed by atoms with van der Waals surface area (Å²) in [5.74, 6) is 0.145. The van der Waals surface area contributed by atoms with Gasteiger partial charge in [-0.05, 0) is 44.0 Å². The third-order valence-corrected chi connectivity index (χ3v) is 3.20. The second-order valence-corrected chi connectivity index (χ2v) is 4.52. The average molecular weight is 248 g/mol. The minimum Gasteiger partial charge on any atom is -0.388 e. The minimum absolute atomic E-state index is 0.145. The Hall–Kier alpha value is -1.51. The second-order valence-electron chi connectivity index (χ2n) is 4.52. The van der Waals surface area contributed by atoms with Crippen LogP contribution >= 0.6 is 0 Å². The average Bonchev–Trinajstić information content (AvgIpc) is 2.39. The van der Waals surface area contributed by atoms with E-state index in [1.54, 1.807) is 0 Å². The Kier molecular flexibility index (Phi) is 5.69. The number of hydrogen-bond donors (Lipinski definition) is 1. The maximum absolute atomic E-state index is 12.4. The molecule has 100 valence electrons. The maximum atomic E-state index is 12.4. The van der Waals surface area contributed by atoms with Crippen molar-refractivity contribution in [2.45, 2.75) is 33.6 Å². The van der Waals surface area contributed by atoms with Crippen LogP contribution in [0.3, 0.4) is 0 Å². The Bertz CT molecular complexity index is 401. The van der Waals surface area contributed by atoms with E-state index >= 15 is 0 Å². The predicted molar refractivity (Wildman–Crippen MR) is 77.2 cm³/mol. The number of aryl methyl sites for hydroxylation is 1. The highest BCUT2D eigenvalue weighted by atomic mass is 16.2. The van der Waals surface area contributed by atoms with E-state index in [1.807, 2.05) is 44.0 Å². The highest BCUT2D eigenvalue weighted by molar-refractivity contribution is 5.96. The van der Waals surface area contributed by atoms with Crippen molar-refractivity contribution in [3.8, 4) is 0 Å². The van der Waals surface area contributed by atoms with Crippen LogP contribution in [-0.2, 0) is 0 Å². The number of nitrogens with zero attached hydrogens (tertiary/aromatic N) is 1. The molecule has 3 heteroatoms. The molecule has 1 aromatic carbocycles. The lowest BCUT2D eigenvalue weighted by atomic mass is 10.1. The molecule has 0 heterocycles. The van der Waals surface area contributed by atoms with E-state index in [1.165, 1.54) is 0 Å². The zero-order valence-corrected chi connectivity index (χ0v) is 11.9. The van der Waals surface area contributed by atoms with Crippen LogP contribution < -0.4 is 5.32 Å². The van der Waals surface area contributed by atoms with Crippen LogP contribution in [0.25, 0.3) is 0 Å². The summed E-state index contributed by atoms with van der Waals surface area (Å²) in [5, 5.41) is 3.09. The van der Waals surface area contributed by atoms with E-state index in [0.29, 0.717) is 0 Å². The lowest BCUT2D eigenvalue weighted by Gasteiger charge is -2.21. The van der Waals surface area contributed by atoms with Crippen LogP contribution in [0.1, 0.15) is 42.6 Å². The molecule has 0 aliphatic heterocycles. The van der Waals surface area contributed by atoms with Gasteiger partial charge in [-0.2, -0.15) is 0 Å². The van der Waals surface area contributed by atoms with Gasteiger partial charge in [0, 0.05) is 31.4 Å². The van der Waals surface area contributed by atoms with Crippen molar-refractivity contribution in [1.82, 2.24) is 4.90 Å². The summed E-state index contributed by atoms with van der Waals surface area (Å²) in [5.41, 5.74) is 2.88. The van der Waals surface area contributed by atoms with Gasteiger partial charge in [-0.15, -0.1) is 0 Å². The van der Waals surface area contributed by atoms with Crippen LogP contribution in [-0.4, -0.2) is 30.9 Å². The molecule has 0 atom stereocenters. The fraction of sp³-hybridized carbons (Fsp3) is 0.533. The van der Waals surface area contributed by atoms with E-state index in [9.17, 15) is 4.79 Å². The molecule has 0 aliphatic rings. The van der Waals surface area contributed by atoms with Gasteiger partial charge in [0.2, 0.25) is 0 Å². The number of nitrogens with one attached hydrogen (secondary N) is 1. The van der Waals surface area contributed by atoms with Crippen molar-refractivity contribution in [2.75, 3.05) is 25.5 Å². The number of hydrogen-bond acceptors (Lipinski definition) is 2. The molecule has 0 bridgehead atoms. The summed E-state index contributed by atoms with van der Waals surface area (Å²) in [6.07, 6.45) is 2.18. The van der Waals surface area contributed by atoms with Crippen LogP contribution in [0.5, 0.6) is 0 Å². The summed E-state index contributed by atoms with van der Waals surface area (Å²) >= 11 is 0. The molecule has 0 unspecified atom stereocenters. The molecule has 0 saturated carbocycles. The first-order chi connectivity index (χ1) is 8.63. The fourth-order valence-electron chi connectivity index (χ4n) is 1.98. The van der Waals surface area contributed by atoms with Crippen molar-refractivity contribution >= 4 is 11.6 Å². The van der Waals surface area contributed by atoms with Gasteiger partial charge in [0.05, 0.1) is 0 Å². The number of rotatable bonds is 6. The van der Waals surface area contributed by atoms with Crippen LogP contribution in [0, 0.1) is 6.92 Å². The summed E-state index contributed by atoms with van der Waals surface area (Å²) in [7, 11) is 1.88. The molecule has 0 aliphatic carbocycles. The van der Waals surface area contributed by atoms with Crippen LogP contribution in [0.2, 0.25) is 0 Å². The molecular formula is C15H24N2O. The van der Waals surface area contributed by atoms with Gasteiger partial charge in [0.25, 0.3) is 5.91 Å². The predicted octanol–water partition coefficient (Wildman–Crippen LogP) is 3.30. The quantitative estimate of drug-likeness (QED) is 0.837. The van der Waals surface area contributed by atoms with E-state index in [4.69, 9.17) is 0 Å². The topological polar surface area (TPSA) is 32.3 Å². The van der Waals surface area contributed by atoms with E-state index < -0.39 is 0 Å². The second kappa shape index (κ2) is 7.04. The number of anilines is 1. The number of carbonyl (C=O) groups excluding carboxylic acids is 1. The number of benzene rings is 1. The number of unbranched alkanes of at least 4 members (excludes halogenated alkanes) is 1. The first-order valence-corrected chi connectivity index (χ1v) is 6.71. The monoisotopic (exact) mass is 248 g/mol. The van der Waals surface area contributed by atoms with Crippen molar-refractivity contribution in [2.24, 2.45) is 0 Å². The summed E-state index contributed by atoms with van der Waals surface area (Å²) in [6, 6.07) is 5.88. The highest BCUT2D eigenvalue weighted by Gasteiger charge is 2.15. The van der Waals surface area contributed by atoms with E-state index in [0.717, 1.165) is 42.7 Å². The standard InChI is InChI=1S/C15H24N2O/c1-5-7-10-17(6-2)15(18)14-9-8-13(16-4)11-12(14)3/h8-9,11,16H,5-7,10H2,1-4H3. The van der Waals surface area contributed by atoms with Gasteiger partial charge >= 0.3 is 0 Å². The largest absolute Gasteiger partial charge is 0.388 e. The van der Waals surface area contributed by atoms with Gasteiger partial charge in [0.1, 0.15) is 0 Å². The molecule has 0 spiro atoms. The van der Waals surface area contributed by atoms with Gasteiger partial charge in [-0.25, -0.2) is 0 Å².